The van der Waals surface area contributed by atoms with Crippen molar-refractivity contribution >= 4 is 7.60 Å². The lowest BCUT2D eigenvalue weighted by molar-refractivity contribution is 0.203. The molecule has 0 bridgehead atoms. The second-order valence-corrected chi connectivity index (χ2v) is 6.18. The van der Waals surface area contributed by atoms with E-state index >= 15 is 0 Å². The molecule has 0 aromatic heterocycles. The predicted molar refractivity (Wildman–Crippen MR) is 79.2 cm³/mol. The minimum absolute atomic E-state index is 0.332. The van der Waals surface area contributed by atoms with Crippen LogP contribution in [0.4, 0.5) is 0 Å². The summed E-state index contributed by atoms with van der Waals surface area (Å²) in [5, 5.41) is 0.518. The Labute approximate surface area is 117 Å². The molecule has 0 spiro atoms. The number of rotatable bonds is 9. The van der Waals surface area contributed by atoms with Gasteiger partial charge in [-0.15, -0.1) is 0 Å². The Bertz CT molecular complexity index is 358. The van der Waals surface area contributed by atoms with Gasteiger partial charge in [0.2, 0.25) is 0 Å². The van der Waals surface area contributed by atoms with E-state index in [2.05, 4.69) is 0 Å². The number of ether oxygens (including phenoxy) is 1. The Morgan fingerprint density at radius 3 is 1.95 bits per heavy atom. The molecular formula is C14H27O4P. The maximum atomic E-state index is 12.8. The quantitative estimate of drug-likeness (QED) is 0.345. The minimum atomic E-state index is -3.30. The molecule has 4 nitrogen and oxygen atoms in total. The van der Waals surface area contributed by atoms with Gasteiger partial charge in [-0.2, -0.15) is 0 Å². The van der Waals surface area contributed by atoms with Crippen LogP contribution in [0.3, 0.4) is 0 Å². The molecular weight excluding hydrogens is 263 g/mol. The third kappa shape index (κ3) is 5.52. The van der Waals surface area contributed by atoms with Crippen LogP contribution in [0, 0.1) is 0 Å². The third-order valence-electron chi connectivity index (χ3n) is 2.30. The van der Waals surface area contributed by atoms with E-state index in [1.807, 2.05) is 27.7 Å². The van der Waals surface area contributed by atoms with Crippen LogP contribution in [0.2, 0.25) is 0 Å². The van der Waals surface area contributed by atoms with Crippen LogP contribution in [0.1, 0.15) is 48.0 Å². The van der Waals surface area contributed by atoms with Gasteiger partial charge in [-0.05, 0) is 46.6 Å². The first-order valence-electron chi connectivity index (χ1n) is 6.83. The normalized spacial score (nSPS) is 12.4. The fourth-order valence-electron chi connectivity index (χ4n) is 1.61. The van der Waals surface area contributed by atoms with Crippen LogP contribution in [-0.2, 0) is 18.3 Å². The van der Waals surface area contributed by atoms with Gasteiger partial charge in [0, 0.05) is 0 Å². The lowest BCUT2D eigenvalue weighted by Crippen LogP contribution is -2.05. The molecule has 19 heavy (non-hydrogen) atoms. The van der Waals surface area contributed by atoms with Crippen molar-refractivity contribution < 1.29 is 18.3 Å². The van der Waals surface area contributed by atoms with Crippen molar-refractivity contribution in [3.8, 4) is 0 Å². The highest BCUT2D eigenvalue weighted by Gasteiger charge is 2.33. The van der Waals surface area contributed by atoms with Gasteiger partial charge in [-0.3, -0.25) is 4.57 Å². The Balaban J connectivity index is 5.47. The Hall–Kier alpha value is -0.570. The van der Waals surface area contributed by atoms with Crippen molar-refractivity contribution in [2.45, 2.75) is 48.0 Å². The fourth-order valence-corrected chi connectivity index (χ4v) is 3.49. The fraction of sp³-hybridized carbons (Fsp3) is 0.714. The average molecular weight is 290 g/mol. The first-order chi connectivity index (χ1) is 8.96. The maximum Gasteiger partial charge on any atom is 0.364 e. The molecule has 0 unspecified atom stereocenters. The highest BCUT2D eigenvalue weighted by molar-refractivity contribution is 7.58. The van der Waals surface area contributed by atoms with Crippen molar-refractivity contribution in [1.29, 1.82) is 0 Å². The molecule has 0 atom stereocenters. The lowest BCUT2D eigenvalue weighted by Gasteiger charge is -2.23. The zero-order valence-corrected chi connectivity index (χ0v) is 13.9. The van der Waals surface area contributed by atoms with Crippen LogP contribution in [0.25, 0.3) is 0 Å². The summed E-state index contributed by atoms with van der Waals surface area (Å²) < 4.78 is 29.3. The van der Waals surface area contributed by atoms with Gasteiger partial charge in [0.1, 0.15) is 11.1 Å². The molecule has 0 heterocycles. The number of allylic oxidation sites excluding steroid dienone is 3. The van der Waals surface area contributed by atoms with Crippen molar-refractivity contribution in [2.24, 2.45) is 0 Å². The second kappa shape index (κ2) is 9.35. The molecule has 0 aliphatic heterocycles. The molecule has 0 amide bonds. The van der Waals surface area contributed by atoms with Crippen LogP contribution in [0.5, 0.6) is 0 Å². The summed E-state index contributed by atoms with van der Waals surface area (Å²) >= 11 is 0. The van der Waals surface area contributed by atoms with Gasteiger partial charge in [-0.25, -0.2) is 0 Å². The molecule has 0 aliphatic carbocycles. The van der Waals surface area contributed by atoms with Crippen molar-refractivity contribution in [3.05, 3.63) is 22.7 Å². The SMILES string of the molecule is C/C=C(\C(OCCC)=C(C)C)P(=O)(OCC)OCC. The summed E-state index contributed by atoms with van der Waals surface area (Å²) in [5.41, 5.74) is 0.959. The second-order valence-electron chi connectivity index (χ2n) is 4.18. The Morgan fingerprint density at radius 2 is 1.63 bits per heavy atom. The van der Waals surface area contributed by atoms with E-state index in [9.17, 15) is 4.57 Å². The highest BCUT2D eigenvalue weighted by atomic mass is 31.2. The Kier molecular flexibility index (Phi) is 9.07. The summed E-state index contributed by atoms with van der Waals surface area (Å²) in [6.07, 6.45) is 2.64. The van der Waals surface area contributed by atoms with Gasteiger partial charge in [0.05, 0.1) is 19.8 Å². The van der Waals surface area contributed by atoms with Crippen LogP contribution in [0.15, 0.2) is 22.7 Å². The molecule has 5 heteroatoms. The number of hydrogen-bond acceptors (Lipinski definition) is 4. The largest absolute Gasteiger partial charge is 0.493 e. The average Bonchev–Trinajstić information content (AvgIpc) is 2.34. The first kappa shape index (κ1) is 18.4. The van der Waals surface area contributed by atoms with E-state index < -0.39 is 7.60 Å². The van der Waals surface area contributed by atoms with E-state index in [0.717, 1.165) is 12.0 Å². The zero-order valence-electron chi connectivity index (χ0n) is 13.0. The number of hydrogen-bond donors (Lipinski definition) is 0. The standard InChI is InChI=1S/C14H27O4P/c1-7-11-16-14(12(5)6)13(8-2)19(15,17-9-3)18-10-4/h8H,7,9-11H2,1-6H3/b13-8+. The van der Waals surface area contributed by atoms with Crippen LogP contribution < -0.4 is 0 Å². The van der Waals surface area contributed by atoms with Crippen LogP contribution >= 0.6 is 7.60 Å². The molecule has 0 fully saturated rings. The van der Waals surface area contributed by atoms with Gasteiger partial charge >= 0.3 is 7.60 Å². The van der Waals surface area contributed by atoms with Gasteiger partial charge in [-0.1, -0.05) is 13.0 Å². The van der Waals surface area contributed by atoms with Gasteiger partial charge < -0.3 is 13.8 Å². The minimum Gasteiger partial charge on any atom is -0.493 e. The van der Waals surface area contributed by atoms with Crippen molar-refractivity contribution in [1.82, 2.24) is 0 Å². The summed E-state index contributed by atoms with van der Waals surface area (Å²) in [7, 11) is -3.30. The first-order valence-corrected chi connectivity index (χ1v) is 8.37. The molecule has 0 aromatic rings. The molecule has 0 N–H and O–H groups in total. The highest BCUT2D eigenvalue weighted by Crippen LogP contribution is 2.59. The molecule has 0 aromatic carbocycles. The van der Waals surface area contributed by atoms with Gasteiger partial charge in [0.25, 0.3) is 0 Å². The molecule has 0 saturated heterocycles. The third-order valence-corrected chi connectivity index (χ3v) is 4.55. The summed E-state index contributed by atoms with van der Waals surface area (Å²) in [6.45, 7) is 12.5. The Morgan fingerprint density at radius 1 is 1.11 bits per heavy atom. The van der Waals surface area contributed by atoms with Gasteiger partial charge in [0.15, 0.2) is 0 Å². The smallest absolute Gasteiger partial charge is 0.364 e. The van der Waals surface area contributed by atoms with Crippen molar-refractivity contribution in [3.63, 3.8) is 0 Å². The monoisotopic (exact) mass is 290 g/mol. The summed E-state index contributed by atoms with van der Waals surface area (Å²) in [4.78, 5) is 0. The van der Waals surface area contributed by atoms with E-state index in [4.69, 9.17) is 13.8 Å². The van der Waals surface area contributed by atoms with E-state index in [1.165, 1.54) is 0 Å². The molecule has 0 rings (SSSR count). The molecule has 0 aliphatic rings. The van der Waals surface area contributed by atoms with E-state index in [-0.39, 0.29) is 0 Å². The molecule has 0 saturated carbocycles. The lowest BCUT2D eigenvalue weighted by atomic mass is 10.2. The van der Waals surface area contributed by atoms with E-state index in [0.29, 0.717) is 30.9 Å². The summed E-state index contributed by atoms with van der Waals surface area (Å²) in [5.74, 6) is 0.620. The summed E-state index contributed by atoms with van der Waals surface area (Å²) in [6, 6.07) is 0. The zero-order chi connectivity index (χ0) is 14.9. The van der Waals surface area contributed by atoms with E-state index in [1.54, 1.807) is 19.9 Å². The molecule has 0 radical (unpaired) electrons. The van der Waals surface area contributed by atoms with Crippen molar-refractivity contribution in [2.75, 3.05) is 19.8 Å². The molecule has 112 valence electrons. The topological polar surface area (TPSA) is 44.8 Å². The predicted octanol–water partition coefficient (Wildman–Crippen LogP) is 4.88. The maximum absolute atomic E-state index is 12.8. The van der Waals surface area contributed by atoms with Crippen LogP contribution in [-0.4, -0.2) is 19.8 Å².